The molecular weight excluding hydrogens is 316 g/mol. The van der Waals surface area contributed by atoms with E-state index in [1.807, 2.05) is 32.9 Å². The fourth-order valence-corrected chi connectivity index (χ4v) is 2.81. The van der Waals surface area contributed by atoms with Gasteiger partial charge in [0.15, 0.2) is 10.8 Å². The highest BCUT2D eigenvalue weighted by Crippen LogP contribution is 2.25. The molecule has 0 bridgehead atoms. The Bertz CT molecular complexity index is 692. The zero-order chi connectivity index (χ0) is 17.0. The lowest BCUT2D eigenvalue weighted by Crippen LogP contribution is -2.45. The van der Waals surface area contributed by atoms with Gasteiger partial charge in [-0.3, -0.25) is 4.79 Å². The molecule has 2 unspecified atom stereocenters. The molecule has 6 nitrogen and oxygen atoms in total. The summed E-state index contributed by atoms with van der Waals surface area (Å²) >= 11 is 1.32. The van der Waals surface area contributed by atoms with E-state index < -0.39 is 17.9 Å². The van der Waals surface area contributed by atoms with E-state index in [0.29, 0.717) is 10.8 Å². The maximum atomic E-state index is 12.3. The normalized spacial score (nSPS) is 13.4. The minimum Gasteiger partial charge on any atom is -0.467 e. The third kappa shape index (κ3) is 3.98. The van der Waals surface area contributed by atoms with Crippen molar-refractivity contribution in [2.24, 2.45) is 5.92 Å². The van der Waals surface area contributed by atoms with Gasteiger partial charge in [-0.2, -0.15) is 0 Å². The Kier molecular flexibility index (Phi) is 5.54. The van der Waals surface area contributed by atoms with Crippen LogP contribution in [-0.4, -0.2) is 30.0 Å². The lowest BCUT2D eigenvalue weighted by atomic mass is 9.99. The van der Waals surface area contributed by atoms with E-state index in [1.54, 1.807) is 5.38 Å². The highest BCUT2D eigenvalue weighted by atomic mass is 32.1. The van der Waals surface area contributed by atoms with E-state index in [4.69, 9.17) is 9.15 Å². The van der Waals surface area contributed by atoms with Crippen molar-refractivity contribution in [1.82, 2.24) is 10.3 Å². The summed E-state index contributed by atoms with van der Waals surface area (Å²) in [6.45, 7) is 5.69. The van der Waals surface area contributed by atoms with Crippen molar-refractivity contribution in [3.8, 4) is 10.8 Å². The molecule has 0 saturated heterocycles. The number of rotatable bonds is 6. The summed E-state index contributed by atoms with van der Waals surface area (Å²) < 4.78 is 10.3. The quantitative estimate of drug-likeness (QED) is 0.820. The number of ether oxygens (including phenoxy) is 1. The number of amides is 1. The van der Waals surface area contributed by atoms with Crippen LogP contribution in [0.1, 0.15) is 36.5 Å². The number of carbonyl (C=O) groups is 2. The molecule has 0 aliphatic heterocycles. The number of hydrogen-bond donors (Lipinski definition) is 1. The van der Waals surface area contributed by atoms with Crippen molar-refractivity contribution in [2.45, 2.75) is 33.2 Å². The Balaban J connectivity index is 2.13. The zero-order valence-electron chi connectivity index (χ0n) is 13.6. The molecule has 2 atom stereocenters. The minimum absolute atomic E-state index is 0.0303. The van der Waals surface area contributed by atoms with Crippen LogP contribution in [0.3, 0.4) is 0 Å². The van der Waals surface area contributed by atoms with Gasteiger partial charge in [-0.25, -0.2) is 9.78 Å². The smallest absolute Gasteiger partial charge is 0.328 e. The zero-order valence-corrected chi connectivity index (χ0v) is 14.4. The van der Waals surface area contributed by atoms with Gasteiger partial charge in [0.25, 0.3) is 5.91 Å². The minimum atomic E-state index is -0.687. The van der Waals surface area contributed by atoms with Gasteiger partial charge >= 0.3 is 5.97 Å². The molecule has 0 radical (unpaired) electrons. The number of nitrogens with one attached hydrogen (secondary N) is 1. The molecule has 0 spiro atoms. The molecule has 1 amide bonds. The predicted octanol–water partition coefficient (Wildman–Crippen LogP) is 3.03. The highest BCUT2D eigenvalue weighted by molar-refractivity contribution is 7.13. The maximum absolute atomic E-state index is 12.3. The van der Waals surface area contributed by atoms with Crippen molar-refractivity contribution in [3.05, 3.63) is 29.0 Å². The van der Waals surface area contributed by atoms with Crippen LogP contribution in [0, 0.1) is 12.8 Å². The summed E-state index contributed by atoms with van der Waals surface area (Å²) in [5.74, 6) is 0.523. The van der Waals surface area contributed by atoms with Gasteiger partial charge < -0.3 is 14.5 Å². The second kappa shape index (κ2) is 7.41. The fraction of sp³-hybridized carbons (Fsp3) is 0.438. The summed E-state index contributed by atoms with van der Waals surface area (Å²) in [5.41, 5.74) is 0.260. The van der Waals surface area contributed by atoms with E-state index in [9.17, 15) is 9.59 Å². The largest absolute Gasteiger partial charge is 0.467 e. The van der Waals surface area contributed by atoms with Crippen LogP contribution in [0.25, 0.3) is 10.8 Å². The average molecular weight is 336 g/mol. The van der Waals surface area contributed by atoms with Crippen LogP contribution in [0.15, 0.2) is 21.9 Å². The lowest BCUT2D eigenvalue weighted by molar-refractivity contribution is -0.144. The summed E-state index contributed by atoms with van der Waals surface area (Å²) in [4.78, 5) is 28.5. The van der Waals surface area contributed by atoms with Crippen LogP contribution in [-0.2, 0) is 9.53 Å². The first kappa shape index (κ1) is 17.2. The van der Waals surface area contributed by atoms with Crippen molar-refractivity contribution in [1.29, 1.82) is 0 Å². The van der Waals surface area contributed by atoms with E-state index in [-0.39, 0.29) is 11.6 Å². The molecule has 0 aliphatic carbocycles. The summed E-state index contributed by atoms with van der Waals surface area (Å²) in [6, 6.07) is 2.97. The second-order valence-corrected chi connectivity index (χ2v) is 6.17. The van der Waals surface area contributed by atoms with Gasteiger partial charge in [-0.15, -0.1) is 11.3 Å². The first-order valence-electron chi connectivity index (χ1n) is 7.37. The number of furan rings is 1. The lowest BCUT2D eigenvalue weighted by Gasteiger charge is -2.21. The molecule has 0 aliphatic rings. The number of thiazole rings is 1. The first-order chi connectivity index (χ1) is 11.0. The Morgan fingerprint density at radius 3 is 2.74 bits per heavy atom. The van der Waals surface area contributed by atoms with E-state index >= 15 is 0 Å². The monoisotopic (exact) mass is 336 g/mol. The van der Waals surface area contributed by atoms with Gasteiger partial charge in [-0.05, 0) is 25.0 Å². The van der Waals surface area contributed by atoms with Crippen molar-refractivity contribution < 1.29 is 18.7 Å². The van der Waals surface area contributed by atoms with Crippen LogP contribution in [0.4, 0.5) is 0 Å². The molecule has 0 fully saturated rings. The molecule has 2 aromatic heterocycles. The maximum Gasteiger partial charge on any atom is 0.328 e. The Hall–Kier alpha value is -2.15. The predicted molar refractivity (Wildman–Crippen MR) is 87.3 cm³/mol. The van der Waals surface area contributed by atoms with Crippen molar-refractivity contribution in [2.75, 3.05) is 7.11 Å². The Morgan fingerprint density at radius 2 is 2.17 bits per heavy atom. The molecule has 2 aromatic rings. The molecule has 0 saturated carbocycles. The molecule has 0 aromatic carbocycles. The van der Waals surface area contributed by atoms with Gasteiger partial charge in [0.1, 0.15) is 17.5 Å². The summed E-state index contributed by atoms with van der Waals surface area (Å²) in [6.07, 6.45) is 0.744. The van der Waals surface area contributed by atoms with Gasteiger partial charge in [0.05, 0.1) is 7.11 Å². The van der Waals surface area contributed by atoms with E-state index in [0.717, 1.165) is 12.2 Å². The van der Waals surface area contributed by atoms with E-state index in [1.165, 1.54) is 18.4 Å². The number of hydrogen-bond acceptors (Lipinski definition) is 6. The summed E-state index contributed by atoms with van der Waals surface area (Å²) in [7, 11) is 1.31. The van der Waals surface area contributed by atoms with Crippen LogP contribution in [0.2, 0.25) is 0 Å². The molecule has 2 heterocycles. The van der Waals surface area contributed by atoms with Gasteiger partial charge in [-0.1, -0.05) is 20.3 Å². The molecule has 23 heavy (non-hydrogen) atoms. The Labute approximate surface area is 138 Å². The number of esters is 1. The van der Waals surface area contributed by atoms with Crippen LogP contribution in [0.5, 0.6) is 0 Å². The van der Waals surface area contributed by atoms with Crippen LogP contribution >= 0.6 is 11.3 Å². The molecular formula is C16H20N2O4S. The highest BCUT2D eigenvalue weighted by Gasteiger charge is 2.28. The van der Waals surface area contributed by atoms with Crippen molar-refractivity contribution >= 4 is 23.2 Å². The topological polar surface area (TPSA) is 81.4 Å². The number of aryl methyl sites for hydroxylation is 1. The van der Waals surface area contributed by atoms with Crippen molar-refractivity contribution in [3.63, 3.8) is 0 Å². The Morgan fingerprint density at radius 1 is 1.43 bits per heavy atom. The standard InChI is InChI=1S/C16H20N2O4S/c1-5-9(2)13(16(20)21-4)18-14(19)11-8-23-15(17-11)12-7-6-10(3)22-12/h6-9,13H,5H2,1-4H3,(H,18,19). The fourth-order valence-electron chi connectivity index (χ4n) is 2.05. The molecule has 1 N–H and O–H groups in total. The van der Waals surface area contributed by atoms with Gasteiger partial charge in [0, 0.05) is 5.38 Å². The summed E-state index contributed by atoms with van der Waals surface area (Å²) in [5, 5.41) is 4.98. The first-order valence-corrected chi connectivity index (χ1v) is 8.25. The van der Waals surface area contributed by atoms with Crippen LogP contribution < -0.4 is 5.32 Å². The molecule has 2 rings (SSSR count). The SMILES string of the molecule is CCC(C)C(NC(=O)c1csc(-c2ccc(C)o2)n1)C(=O)OC. The third-order valence-electron chi connectivity index (χ3n) is 3.64. The third-order valence-corrected chi connectivity index (χ3v) is 4.50. The number of aromatic nitrogens is 1. The number of carbonyl (C=O) groups excluding carboxylic acids is 2. The van der Waals surface area contributed by atoms with E-state index in [2.05, 4.69) is 10.3 Å². The molecule has 124 valence electrons. The number of nitrogens with zero attached hydrogens (tertiary/aromatic N) is 1. The number of methoxy groups -OCH3 is 1. The molecule has 7 heteroatoms. The van der Waals surface area contributed by atoms with Gasteiger partial charge in [0.2, 0.25) is 0 Å². The second-order valence-electron chi connectivity index (χ2n) is 5.31. The average Bonchev–Trinajstić information content (AvgIpc) is 3.19.